The van der Waals surface area contributed by atoms with E-state index in [1.165, 1.54) is 0 Å². The Morgan fingerprint density at radius 2 is 2.00 bits per heavy atom. The van der Waals surface area contributed by atoms with Crippen LogP contribution in [-0.4, -0.2) is 5.33 Å². The molecule has 0 aliphatic carbocycles. The molecule has 0 aliphatic heterocycles. The van der Waals surface area contributed by atoms with E-state index in [1.54, 1.807) is 0 Å². The maximum absolute atomic E-state index is 3.69. The first-order valence-electron chi connectivity index (χ1n) is 4.14. The fraction of sp³-hybridized carbons (Fsp3) is 0.167. The first-order valence-corrected chi connectivity index (χ1v) is 5.26. The lowest BCUT2D eigenvalue weighted by Gasteiger charge is -1.92. The van der Waals surface area contributed by atoms with Gasteiger partial charge in [0.2, 0.25) is 0 Å². The molecule has 1 aromatic rings. The van der Waals surface area contributed by atoms with Crippen molar-refractivity contribution in [2.45, 2.75) is 6.42 Å². The van der Waals surface area contributed by atoms with Crippen LogP contribution in [0.3, 0.4) is 0 Å². The number of benzene rings is 1. The van der Waals surface area contributed by atoms with Gasteiger partial charge < -0.3 is 0 Å². The van der Waals surface area contributed by atoms with Crippen LogP contribution in [0.15, 0.2) is 30.8 Å². The second-order valence-corrected chi connectivity index (χ2v) is 3.36. The van der Waals surface area contributed by atoms with Gasteiger partial charge in [0.1, 0.15) is 0 Å². The van der Waals surface area contributed by atoms with Crippen molar-refractivity contribution in [1.82, 2.24) is 0 Å². The zero-order valence-corrected chi connectivity index (χ0v) is 8.97. The highest BCUT2D eigenvalue weighted by Gasteiger charge is 1.86. The molecule has 66 valence electrons. The van der Waals surface area contributed by atoms with Gasteiger partial charge in [-0.25, -0.2) is 0 Å². The molecule has 1 heteroatoms. The van der Waals surface area contributed by atoms with Crippen molar-refractivity contribution in [3.8, 4) is 11.8 Å². The molecule has 0 aromatic heterocycles. The fourth-order valence-electron chi connectivity index (χ4n) is 0.914. The Bertz CT molecular complexity index is 324. The average molecular weight is 235 g/mol. The maximum atomic E-state index is 3.69. The number of hydrogen-bond acceptors (Lipinski definition) is 0. The molecular formula is C12H11Br. The third-order valence-electron chi connectivity index (χ3n) is 1.60. The molecule has 1 rings (SSSR count). The first-order chi connectivity index (χ1) is 6.36. The predicted octanol–water partition coefficient (Wildman–Crippen LogP) is 3.47. The monoisotopic (exact) mass is 234 g/mol. The summed E-state index contributed by atoms with van der Waals surface area (Å²) in [6.45, 7) is 3.69. The summed E-state index contributed by atoms with van der Waals surface area (Å²) in [7, 11) is 0. The van der Waals surface area contributed by atoms with E-state index in [2.05, 4.69) is 34.3 Å². The molecular weight excluding hydrogens is 224 g/mol. The molecule has 1 aromatic carbocycles. The van der Waals surface area contributed by atoms with Crippen LogP contribution < -0.4 is 0 Å². The molecule has 0 unspecified atom stereocenters. The van der Waals surface area contributed by atoms with E-state index in [0.29, 0.717) is 0 Å². The lowest BCUT2D eigenvalue weighted by atomic mass is 10.1. The Hall–Kier alpha value is -1.00. The minimum atomic E-state index is 0.892. The summed E-state index contributed by atoms with van der Waals surface area (Å²) in [6.07, 6.45) is 2.72. The third kappa shape index (κ3) is 3.48. The van der Waals surface area contributed by atoms with Crippen LogP contribution in [-0.2, 0) is 0 Å². The highest BCUT2D eigenvalue weighted by Crippen LogP contribution is 2.03. The highest BCUT2D eigenvalue weighted by atomic mass is 79.9. The van der Waals surface area contributed by atoms with Gasteiger partial charge in [0.05, 0.1) is 0 Å². The predicted molar refractivity (Wildman–Crippen MR) is 61.8 cm³/mol. The van der Waals surface area contributed by atoms with E-state index in [0.717, 1.165) is 22.9 Å². The molecule has 0 amide bonds. The average Bonchev–Trinajstić information content (AvgIpc) is 2.19. The van der Waals surface area contributed by atoms with Crippen LogP contribution in [0.25, 0.3) is 6.08 Å². The molecule has 0 saturated carbocycles. The van der Waals surface area contributed by atoms with Gasteiger partial charge in [-0.15, -0.1) is 0 Å². The molecule has 0 heterocycles. The van der Waals surface area contributed by atoms with Crippen LogP contribution in [0.5, 0.6) is 0 Å². The van der Waals surface area contributed by atoms with Gasteiger partial charge in [-0.2, -0.15) is 0 Å². The van der Waals surface area contributed by atoms with Gasteiger partial charge in [0, 0.05) is 17.3 Å². The van der Waals surface area contributed by atoms with Crippen LogP contribution in [0, 0.1) is 11.8 Å². The lowest BCUT2D eigenvalue weighted by Crippen LogP contribution is -1.75. The standard InChI is InChI=1S/C12H11Br/c1-2-11-6-8-12(9-7-11)5-3-4-10-13/h2,6-9H,1,4,10H2. The molecule has 0 saturated heterocycles. The van der Waals surface area contributed by atoms with E-state index in [4.69, 9.17) is 0 Å². The van der Waals surface area contributed by atoms with Crippen molar-refractivity contribution >= 4 is 22.0 Å². The third-order valence-corrected chi connectivity index (χ3v) is 2.00. The van der Waals surface area contributed by atoms with Gasteiger partial charge in [-0.3, -0.25) is 0 Å². The Balaban J connectivity index is 2.71. The number of rotatable bonds is 2. The van der Waals surface area contributed by atoms with Crippen LogP contribution in [0.1, 0.15) is 17.5 Å². The second-order valence-electron chi connectivity index (χ2n) is 2.57. The smallest absolute Gasteiger partial charge is 0.0245 e. The molecule has 13 heavy (non-hydrogen) atoms. The van der Waals surface area contributed by atoms with Gasteiger partial charge >= 0.3 is 0 Å². The van der Waals surface area contributed by atoms with E-state index >= 15 is 0 Å². The van der Waals surface area contributed by atoms with Gasteiger partial charge in [-0.1, -0.05) is 52.6 Å². The van der Waals surface area contributed by atoms with Crippen molar-refractivity contribution < 1.29 is 0 Å². The van der Waals surface area contributed by atoms with Crippen molar-refractivity contribution in [2.75, 3.05) is 5.33 Å². The summed E-state index contributed by atoms with van der Waals surface area (Å²) in [5, 5.41) is 0.935. The minimum absolute atomic E-state index is 0.892. The zero-order chi connectivity index (χ0) is 9.52. The van der Waals surface area contributed by atoms with Gasteiger partial charge in [0.25, 0.3) is 0 Å². The summed E-state index contributed by atoms with van der Waals surface area (Å²) in [5.74, 6) is 6.15. The van der Waals surface area contributed by atoms with Crippen LogP contribution in [0.4, 0.5) is 0 Å². The molecule has 0 atom stereocenters. The molecule has 0 nitrogen and oxygen atoms in total. The molecule has 0 radical (unpaired) electrons. The summed E-state index contributed by atoms with van der Waals surface area (Å²) in [4.78, 5) is 0. The van der Waals surface area contributed by atoms with Crippen LogP contribution in [0.2, 0.25) is 0 Å². The van der Waals surface area contributed by atoms with Gasteiger partial charge in [0.15, 0.2) is 0 Å². The Morgan fingerprint density at radius 3 is 2.54 bits per heavy atom. The SMILES string of the molecule is C=Cc1ccc(C#CCCBr)cc1. The Morgan fingerprint density at radius 1 is 1.31 bits per heavy atom. The maximum Gasteiger partial charge on any atom is 0.0245 e. The molecule has 0 bridgehead atoms. The van der Waals surface area contributed by atoms with Gasteiger partial charge in [-0.05, 0) is 17.7 Å². The number of hydrogen-bond donors (Lipinski definition) is 0. The first kappa shape index (κ1) is 10.1. The lowest BCUT2D eigenvalue weighted by molar-refractivity contribution is 1.32. The van der Waals surface area contributed by atoms with E-state index in [-0.39, 0.29) is 0 Å². The second kappa shape index (κ2) is 5.61. The largest absolute Gasteiger partial charge is 0.0985 e. The number of halogens is 1. The number of alkyl halides is 1. The minimum Gasteiger partial charge on any atom is -0.0985 e. The van der Waals surface area contributed by atoms with Crippen molar-refractivity contribution in [3.05, 3.63) is 42.0 Å². The molecule has 0 N–H and O–H groups in total. The molecule has 0 aliphatic rings. The Kier molecular flexibility index (Phi) is 4.35. The Labute approximate surface area is 87.8 Å². The summed E-state index contributed by atoms with van der Waals surface area (Å²) < 4.78 is 0. The van der Waals surface area contributed by atoms with Crippen molar-refractivity contribution in [2.24, 2.45) is 0 Å². The van der Waals surface area contributed by atoms with E-state index in [9.17, 15) is 0 Å². The molecule has 0 fully saturated rings. The normalized spacial score (nSPS) is 8.69. The zero-order valence-electron chi connectivity index (χ0n) is 7.39. The summed E-state index contributed by atoms with van der Waals surface area (Å²) in [6, 6.07) is 8.06. The fourth-order valence-corrected chi connectivity index (χ4v) is 1.11. The summed E-state index contributed by atoms with van der Waals surface area (Å²) in [5.41, 5.74) is 2.19. The van der Waals surface area contributed by atoms with Crippen LogP contribution >= 0.6 is 15.9 Å². The van der Waals surface area contributed by atoms with Crippen molar-refractivity contribution in [1.29, 1.82) is 0 Å². The molecule has 0 spiro atoms. The quantitative estimate of drug-likeness (QED) is 0.544. The topological polar surface area (TPSA) is 0 Å². The highest BCUT2D eigenvalue weighted by molar-refractivity contribution is 9.09. The van der Waals surface area contributed by atoms with E-state index < -0.39 is 0 Å². The van der Waals surface area contributed by atoms with E-state index in [1.807, 2.05) is 30.3 Å². The van der Waals surface area contributed by atoms with Crippen molar-refractivity contribution in [3.63, 3.8) is 0 Å². The summed E-state index contributed by atoms with van der Waals surface area (Å²) >= 11 is 3.33.